The first-order valence-corrected chi connectivity index (χ1v) is 10.3. The van der Waals surface area contributed by atoms with Crippen LogP contribution in [0.3, 0.4) is 0 Å². The number of aliphatic hydroxyl groups is 2. The zero-order chi connectivity index (χ0) is 17.7. The van der Waals surface area contributed by atoms with Gasteiger partial charge in [-0.05, 0) is 32.1 Å². The monoisotopic (exact) mass is 342 g/mol. The number of unbranched alkanes of at least 4 members (excludes halogenated alkanes) is 12. The molecule has 24 heavy (non-hydrogen) atoms. The summed E-state index contributed by atoms with van der Waals surface area (Å²) < 4.78 is 5.29. The number of allylic oxidation sites excluding steroid dienone is 2. The van der Waals surface area contributed by atoms with Gasteiger partial charge in [0.25, 0.3) is 0 Å². The van der Waals surface area contributed by atoms with Crippen LogP contribution in [0.4, 0.5) is 0 Å². The van der Waals surface area contributed by atoms with Crippen molar-refractivity contribution in [3.05, 3.63) is 12.2 Å². The molecule has 0 saturated heterocycles. The van der Waals surface area contributed by atoms with Crippen molar-refractivity contribution >= 4 is 0 Å². The molecule has 0 spiro atoms. The lowest BCUT2D eigenvalue weighted by Gasteiger charge is -2.07. The minimum absolute atomic E-state index is 0.215. The predicted octanol–water partition coefficient (Wildman–Crippen LogP) is 5.39. The minimum Gasteiger partial charge on any atom is -0.394 e. The van der Waals surface area contributed by atoms with E-state index in [-0.39, 0.29) is 13.2 Å². The van der Waals surface area contributed by atoms with Crippen LogP contribution in [0.1, 0.15) is 96.8 Å². The molecule has 0 unspecified atom stereocenters. The van der Waals surface area contributed by atoms with Gasteiger partial charge < -0.3 is 14.9 Å². The van der Waals surface area contributed by atoms with E-state index >= 15 is 0 Å². The first kappa shape index (κ1) is 23.6. The van der Waals surface area contributed by atoms with Crippen LogP contribution in [-0.4, -0.2) is 36.1 Å². The molecule has 0 amide bonds. The Morgan fingerprint density at radius 2 is 1.25 bits per heavy atom. The molecule has 0 fully saturated rings. The van der Waals surface area contributed by atoms with Gasteiger partial charge >= 0.3 is 0 Å². The van der Waals surface area contributed by atoms with Gasteiger partial charge in [0, 0.05) is 6.61 Å². The Morgan fingerprint density at radius 1 is 0.750 bits per heavy atom. The van der Waals surface area contributed by atoms with Crippen molar-refractivity contribution in [2.24, 2.45) is 0 Å². The molecule has 0 aliphatic rings. The van der Waals surface area contributed by atoms with Crippen LogP contribution in [0.5, 0.6) is 0 Å². The Kier molecular flexibility index (Phi) is 20.3. The largest absolute Gasteiger partial charge is 0.394 e. The van der Waals surface area contributed by atoms with E-state index < -0.39 is 6.10 Å². The molecular weight excluding hydrogens is 300 g/mol. The van der Waals surface area contributed by atoms with E-state index in [1.807, 2.05) is 0 Å². The molecule has 0 heterocycles. The van der Waals surface area contributed by atoms with E-state index in [4.69, 9.17) is 14.9 Å². The number of hydrogen-bond acceptors (Lipinski definition) is 3. The van der Waals surface area contributed by atoms with Crippen LogP contribution in [0, 0.1) is 0 Å². The number of rotatable bonds is 19. The average Bonchev–Trinajstić information content (AvgIpc) is 2.60. The Morgan fingerprint density at radius 3 is 1.79 bits per heavy atom. The normalized spacial score (nSPS) is 13.0. The van der Waals surface area contributed by atoms with Crippen LogP contribution in [0.2, 0.25) is 0 Å². The van der Waals surface area contributed by atoms with Crippen molar-refractivity contribution in [3.63, 3.8) is 0 Å². The molecule has 144 valence electrons. The first-order chi connectivity index (χ1) is 11.8. The van der Waals surface area contributed by atoms with Crippen LogP contribution in [-0.2, 0) is 4.74 Å². The van der Waals surface area contributed by atoms with Gasteiger partial charge in [0.1, 0.15) is 6.10 Å². The summed E-state index contributed by atoms with van der Waals surface area (Å²) in [7, 11) is 0. The van der Waals surface area contributed by atoms with Crippen molar-refractivity contribution in [1.29, 1.82) is 0 Å². The van der Waals surface area contributed by atoms with E-state index in [1.54, 1.807) is 0 Å². The zero-order valence-electron chi connectivity index (χ0n) is 16.1. The standard InChI is InChI=1S/C21H42O3/c1-2-3-4-5-6-7-8-9-10-11-12-13-14-15-16-17-18-24-20-21(23)19-22/h9-10,21-23H,2-8,11-20H2,1H3/b10-9-/t21-/m1/s1. The maximum atomic E-state index is 9.11. The van der Waals surface area contributed by atoms with Gasteiger partial charge in [-0.15, -0.1) is 0 Å². The molecule has 0 rings (SSSR count). The van der Waals surface area contributed by atoms with Crippen LogP contribution >= 0.6 is 0 Å². The summed E-state index contributed by atoms with van der Waals surface area (Å²) in [5, 5.41) is 17.8. The predicted molar refractivity (Wildman–Crippen MR) is 103 cm³/mol. The van der Waals surface area contributed by atoms with Crippen molar-refractivity contribution in [2.45, 2.75) is 103 Å². The van der Waals surface area contributed by atoms with Gasteiger partial charge in [-0.1, -0.05) is 76.9 Å². The van der Waals surface area contributed by atoms with E-state index in [2.05, 4.69) is 19.1 Å². The number of hydrogen-bond donors (Lipinski definition) is 2. The fraction of sp³-hybridized carbons (Fsp3) is 0.905. The second kappa shape index (κ2) is 20.7. The summed E-state index contributed by atoms with van der Waals surface area (Å²) in [5.74, 6) is 0. The second-order valence-corrected chi connectivity index (χ2v) is 6.85. The van der Waals surface area contributed by atoms with Crippen molar-refractivity contribution in [3.8, 4) is 0 Å². The Hall–Kier alpha value is -0.380. The summed E-state index contributed by atoms with van der Waals surface area (Å²) in [4.78, 5) is 0. The molecule has 0 aromatic rings. The molecule has 0 aromatic carbocycles. The SMILES string of the molecule is CCCCCCCC/C=C\CCCCCCCCOC[C@H](O)CO. The number of aliphatic hydroxyl groups excluding tert-OH is 2. The highest BCUT2D eigenvalue weighted by atomic mass is 16.5. The van der Waals surface area contributed by atoms with E-state index in [1.165, 1.54) is 83.5 Å². The molecule has 0 aliphatic carbocycles. The summed E-state index contributed by atoms with van der Waals surface area (Å²) in [6.07, 6.45) is 22.3. The molecule has 0 saturated carbocycles. The van der Waals surface area contributed by atoms with Crippen LogP contribution in [0.15, 0.2) is 12.2 Å². The maximum absolute atomic E-state index is 9.11. The first-order valence-electron chi connectivity index (χ1n) is 10.3. The number of ether oxygens (including phenoxy) is 1. The summed E-state index contributed by atoms with van der Waals surface area (Å²) in [6, 6.07) is 0. The fourth-order valence-corrected chi connectivity index (χ4v) is 2.72. The van der Waals surface area contributed by atoms with Crippen molar-refractivity contribution in [1.82, 2.24) is 0 Å². The Balaban J connectivity index is 3.08. The third-order valence-electron chi connectivity index (χ3n) is 4.32. The highest BCUT2D eigenvalue weighted by Gasteiger charge is 2.00. The molecule has 3 nitrogen and oxygen atoms in total. The molecule has 0 radical (unpaired) electrons. The second-order valence-electron chi connectivity index (χ2n) is 6.85. The van der Waals surface area contributed by atoms with Gasteiger partial charge in [0.15, 0.2) is 0 Å². The van der Waals surface area contributed by atoms with Crippen LogP contribution in [0.25, 0.3) is 0 Å². The van der Waals surface area contributed by atoms with Crippen molar-refractivity contribution in [2.75, 3.05) is 19.8 Å². The van der Waals surface area contributed by atoms with E-state index in [0.29, 0.717) is 6.61 Å². The maximum Gasteiger partial charge on any atom is 0.100 e. The summed E-state index contributed by atoms with van der Waals surface area (Å²) in [6.45, 7) is 3.00. The van der Waals surface area contributed by atoms with Crippen molar-refractivity contribution < 1.29 is 14.9 Å². The molecule has 1 atom stereocenters. The molecule has 0 aromatic heterocycles. The van der Waals surface area contributed by atoms with Gasteiger partial charge in [-0.3, -0.25) is 0 Å². The fourth-order valence-electron chi connectivity index (χ4n) is 2.72. The smallest absolute Gasteiger partial charge is 0.100 e. The minimum atomic E-state index is -0.723. The molecule has 3 heteroatoms. The summed E-state index contributed by atoms with van der Waals surface area (Å²) >= 11 is 0. The average molecular weight is 343 g/mol. The molecular formula is C21H42O3. The zero-order valence-corrected chi connectivity index (χ0v) is 16.1. The third kappa shape index (κ3) is 19.7. The lowest BCUT2D eigenvalue weighted by Crippen LogP contribution is -2.19. The highest BCUT2D eigenvalue weighted by molar-refractivity contribution is 4.81. The third-order valence-corrected chi connectivity index (χ3v) is 4.32. The van der Waals surface area contributed by atoms with Crippen LogP contribution < -0.4 is 0 Å². The summed E-state index contributed by atoms with van der Waals surface area (Å²) in [5.41, 5.74) is 0. The molecule has 2 N–H and O–H groups in total. The quantitative estimate of drug-likeness (QED) is 0.244. The Bertz CT molecular complexity index is 253. The van der Waals surface area contributed by atoms with Gasteiger partial charge in [0.05, 0.1) is 13.2 Å². The topological polar surface area (TPSA) is 49.7 Å². The lowest BCUT2D eigenvalue weighted by atomic mass is 10.1. The van der Waals surface area contributed by atoms with Gasteiger partial charge in [-0.25, -0.2) is 0 Å². The molecule has 0 aliphatic heterocycles. The van der Waals surface area contributed by atoms with Gasteiger partial charge in [0.2, 0.25) is 0 Å². The van der Waals surface area contributed by atoms with E-state index in [9.17, 15) is 0 Å². The van der Waals surface area contributed by atoms with E-state index in [0.717, 1.165) is 6.42 Å². The van der Waals surface area contributed by atoms with Gasteiger partial charge in [-0.2, -0.15) is 0 Å². The highest BCUT2D eigenvalue weighted by Crippen LogP contribution is 2.10. The Labute approximate surface area is 150 Å². The lowest BCUT2D eigenvalue weighted by molar-refractivity contribution is 0.00526. The molecule has 0 bridgehead atoms.